The lowest BCUT2D eigenvalue weighted by atomic mass is 10.1. The zero-order valence-electron chi connectivity index (χ0n) is 7.93. The zero-order chi connectivity index (χ0) is 10.3. The summed E-state index contributed by atoms with van der Waals surface area (Å²) in [6.45, 7) is 1.87. The van der Waals surface area contributed by atoms with Crippen LogP contribution in [0.25, 0.3) is 0 Å². The zero-order valence-corrected chi connectivity index (χ0v) is 8.75. The number of thioether (sulfide) groups is 1. The van der Waals surface area contributed by atoms with Crippen molar-refractivity contribution in [3.8, 4) is 6.07 Å². The van der Waals surface area contributed by atoms with Gasteiger partial charge in [-0.15, -0.1) is 11.8 Å². The second-order valence-corrected chi connectivity index (χ2v) is 5.42. The summed E-state index contributed by atoms with van der Waals surface area (Å²) in [5.41, 5.74) is 0. The van der Waals surface area contributed by atoms with Crippen LogP contribution in [0.5, 0.6) is 0 Å². The first kappa shape index (κ1) is 12.3. The molecule has 2 heterocycles. The first-order valence-corrected chi connectivity index (χ1v) is 5.58. The van der Waals surface area contributed by atoms with Crippen molar-refractivity contribution in [2.45, 2.75) is 31.7 Å². The Morgan fingerprint density at radius 2 is 2.47 bits per heavy atom. The van der Waals surface area contributed by atoms with E-state index in [1.807, 2.05) is 6.92 Å². The van der Waals surface area contributed by atoms with E-state index in [9.17, 15) is 4.79 Å². The summed E-state index contributed by atoms with van der Waals surface area (Å²) in [6, 6.07) is 1.83. The average Bonchev–Trinajstić information content (AvgIpc) is 2.61. The van der Waals surface area contributed by atoms with Crippen LogP contribution in [0.2, 0.25) is 0 Å². The number of nitrogens with zero attached hydrogens (tertiary/aromatic N) is 2. The first-order chi connectivity index (χ1) is 6.62. The third kappa shape index (κ3) is 1.62. The van der Waals surface area contributed by atoms with Crippen LogP contribution >= 0.6 is 11.8 Å². The molecule has 2 aliphatic heterocycles. The molecule has 2 fully saturated rings. The van der Waals surface area contributed by atoms with Gasteiger partial charge in [0.25, 0.3) is 0 Å². The molecule has 0 aromatic rings. The molecule has 2 saturated heterocycles. The summed E-state index contributed by atoms with van der Waals surface area (Å²) in [6.07, 6.45) is 0.658. The van der Waals surface area contributed by atoms with Gasteiger partial charge < -0.3 is 10.0 Å². The van der Waals surface area contributed by atoms with Gasteiger partial charge in [-0.3, -0.25) is 4.79 Å². The van der Waals surface area contributed by atoms with Crippen LogP contribution in [0.4, 0.5) is 0 Å². The van der Waals surface area contributed by atoms with Gasteiger partial charge in [0.15, 0.2) is 0 Å². The molecule has 1 N–H and O–H groups in total. The maximum absolute atomic E-state index is 11.8. The maximum atomic E-state index is 11.8. The van der Waals surface area contributed by atoms with Crippen LogP contribution < -0.4 is 0 Å². The fourth-order valence-corrected chi connectivity index (χ4v) is 3.67. The number of fused-ring (bicyclic) bond motifs is 1. The summed E-state index contributed by atoms with van der Waals surface area (Å²) in [7, 11) is 0. The number of amides is 1. The van der Waals surface area contributed by atoms with Crippen molar-refractivity contribution in [2.75, 3.05) is 12.4 Å². The largest absolute Gasteiger partial charge is 0.396 e. The Kier molecular flexibility index (Phi) is 3.31. The summed E-state index contributed by atoms with van der Waals surface area (Å²) in [5, 5.41) is 17.9. The van der Waals surface area contributed by atoms with E-state index in [4.69, 9.17) is 10.4 Å². The van der Waals surface area contributed by atoms with Crippen molar-refractivity contribution >= 4 is 17.7 Å². The standard InChI is InChI=1S/C9H12N2O2S.CH4/c1-9-2-6(4-12)8(13)11(9)7(3-10)5-14-9;/h6-7,12H,2,4-5H2,1H3;1H4. The Bertz CT molecular complexity index is 315. The summed E-state index contributed by atoms with van der Waals surface area (Å²) < 4.78 is 0. The fourth-order valence-electron chi connectivity index (χ4n) is 2.25. The molecule has 15 heavy (non-hydrogen) atoms. The summed E-state index contributed by atoms with van der Waals surface area (Å²) in [5.74, 6) is 0.326. The Balaban J connectivity index is 0.00000112. The lowest BCUT2D eigenvalue weighted by Gasteiger charge is -2.27. The van der Waals surface area contributed by atoms with Crippen LogP contribution in [0, 0.1) is 17.2 Å². The molecule has 0 saturated carbocycles. The molecule has 0 spiro atoms. The highest BCUT2D eigenvalue weighted by molar-refractivity contribution is 8.00. The number of aliphatic hydroxyl groups excluding tert-OH is 1. The van der Waals surface area contributed by atoms with Crippen molar-refractivity contribution in [3.05, 3.63) is 0 Å². The molecule has 2 rings (SSSR count). The molecular formula is C10H16N2O2S. The van der Waals surface area contributed by atoms with E-state index in [2.05, 4.69) is 6.07 Å². The number of rotatable bonds is 1. The Labute approximate surface area is 94.2 Å². The Hall–Kier alpha value is -0.730. The van der Waals surface area contributed by atoms with Crippen molar-refractivity contribution < 1.29 is 9.90 Å². The predicted molar refractivity (Wildman–Crippen MR) is 59.0 cm³/mol. The number of hydrogen-bond donors (Lipinski definition) is 1. The third-order valence-corrected chi connectivity index (χ3v) is 4.42. The number of carbonyl (C=O) groups excluding carboxylic acids is 1. The lowest BCUT2D eigenvalue weighted by molar-refractivity contribution is -0.133. The molecule has 3 unspecified atom stereocenters. The van der Waals surface area contributed by atoms with Crippen molar-refractivity contribution in [1.29, 1.82) is 5.26 Å². The minimum Gasteiger partial charge on any atom is -0.396 e. The number of hydrogen-bond acceptors (Lipinski definition) is 4. The molecule has 4 nitrogen and oxygen atoms in total. The monoisotopic (exact) mass is 228 g/mol. The highest BCUT2D eigenvalue weighted by Crippen LogP contribution is 2.48. The third-order valence-electron chi connectivity index (χ3n) is 2.95. The highest BCUT2D eigenvalue weighted by Gasteiger charge is 2.54. The molecule has 0 bridgehead atoms. The predicted octanol–water partition coefficient (Wildman–Crippen LogP) is 0.818. The van der Waals surface area contributed by atoms with E-state index < -0.39 is 0 Å². The van der Waals surface area contributed by atoms with Gasteiger partial charge in [-0.05, 0) is 13.3 Å². The van der Waals surface area contributed by atoms with Crippen molar-refractivity contribution in [2.24, 2.45) is 5.92 Å². The molecular weight excluding hydrogens is 212 g/mol. The molecule has 3 atom stereocenters. The average molecular weight is 228 g/mol. The van der Waals surface area contributed by atoms with Crippen molar-refractivity contribution in [3.63, 3.8) is 0 Å². The van der Waals surface area contributed by atoms with Crippen LogP contribution in [0.1, 0.15) is 20.8 Å². The molecule has 84 valence electrons. The van der Waals surface area contributed by atoms with Gasteiger partial charge in [-0.1, -0.05) is 7.43 Å². The Morgan fingerprint density at radius 3 is 3.00 bits per heavy atom. The maximum Gasteiger partial charge on any atom is 0.230 e. The normalized spacial score (nSPS) is 38.5. The van der Waals surface area contributed by atoms with Crippen LogP contribution in [-0.2, 0) is 4.79 Å². The molecule has 1 amide bonds. The molecule has 2 aliphatic rings. The van der Waals surface area contributed by atoms with E-state index in [1.54, 1.807) is 16.7 Å². The second kappa shape index (κ2) is 4.03. The van der Waals surface area contributed by atoms with Gasteiger partial charge >= 0.3 is 0 Å². The van der Waals surface area contributed by atoms with Gasteiger partial charge in [0.1, 0.15) is 6.04 Å². The van der Waals surface area contributed by atoms with E-state index in [0.29, 0.717) is 12.2 Å². The SMILES string of the molecule is C.CC12CC(CO)C(=O)N1C(C#N)CS2. The summed E-state index contributed by atoms with van der Waals surface area (Å²) >= 11 is 1.64. The molecule has 0 aromatic carbocycles. The number of aliphatic hydroxyl groups is 1. The fraction of sp³-hybridized carbons (Fsp3) is 0.800. The van der Waals surface area contributed by atoms with E-state index in [1.165, 1.54) is 0 Å². The smallest absolute Gasteiger partial charge is 0.230 e. The van der Waals surface area contributed by atoms with Gasteiger partial charge in [0.05, 0.1) is 23.5 Å². The van der Waals surface area contributed by atoms with Crippen LogP contribution in [0.3, 0.4) is 0 Å². The highest BCUT2D eigenvalue weighted by atomic mass is 32.2. The van der Waals surface area contributed by atoms with E-state index in [0.717, 1.165) is 0 Å². The molecule has 0 radical (unpaired) electrons. The van der Waals surface area contributed by atoms with Gasteiger partial charge in [-0.25, -0.2) is 0 Å². The minimum absolute atomic E-state index is 0. The minimum atomic E-state index is -0.311. The number of nitriles is 1. The quantitative estimate of drug-likeness (QED) is 0.721. The van der Waals surface area contributed by atoms with E-state index >= 15 is 0 Å². The van der Waals surface area contributed by atoms with Crippen LogP contribution in [-0.4, -0.2) is 39.2 Å². The molecule has 0 aromatic heterocycles. The number of carbonyl (C=O) groups is 1. The van der Waals surface area contributed by atoms with Crippen molar-refractivity contribution in [1.82, 2.24) is 4.90 Å². The van der Waals surface area contributed by atoms with E-state index in [-0.39, 0.29) is 36.8 Å². The van der Waals surface area contributed by atoms with Gasteiger partial charge in [-0.2, -0.15) is 5.26 Å². The topological polar surface area (TPSA) is 64.3 Å². The molecule has 5 heteroatoms. The van der Waals surface area contributed by atoms with Gasteiger partial charge in [0, 0.05) is 5.75 Å². The lowest BCUT2D eigenvalue weighted by Crippen LogP contribution is -2.42. The van der Waals surface area contributed by atoms with Crippen LogP contribution in [0.15, 0.2) is 0 Å². The second-order valence-electron chi connectivity index (χ2n) is 3.92. The first-order valence-electron chi connectivity index (χ1n) is 4.60. The summed E-state index contributed by atoms with van der Waals surface area (Å²) in [4.78, 5) is 13.2. The van der Waals surface area contributed by atoms with Gasteiger partial charge in [0.2, 0.25) is 5.91 Å². The Morgan fingerprint density at radius 1 is 1.80 bits per heavy atom. The molecule has 0 aliphatic carbocycles.